The number of carbonyl (C=O) groups is 2. The molecule has 1 aromatic heterocycles. The molecule has 0 unspecified atom stereocenters. The predicted octanol–water partition coefficient (Wildman–Crippen LogP) is 15.8. The van der Waals surface area contributed by atoms with E-state index in [4.69, 9.17) is 27.2 Å². The van der Waals surface area contributed by atoms with Crippen molar-refractivity contribution in [1.29, 1.82) is 0 Å². The monoisotopic (exact) mass is 1010 g/mol. The number of benzene rings is 1. The van der Waals surface area contributed by atoms with Crippen LogP contribution in [0.1, 0.15) is 141 Å². The molecule has 2 aromatic rings. The van der Waals surface area contributed by atoms with Gasteiger partial charge in [-0.1, -0.05) is 129 Å². The molecular weight excluding hydrogens is 917 g/mol. The first kappa shape index (κ1) is 61.2. The Labute approximate surface area is 419 Å². The molecule has 0 atom stereocenters. The third-order valence-electron chi connectivity index (χ3n) is 12.4. The van der Waals surface area contributed by atoms with Crippen LogP contribution in [-0.4, -0.2) is 81.6 Å². The Bertz CT molecular complexity index is 1540. The van der Waals surface area contributed by atoms with Crippen LogP contribution in [0.4, 0.5) is 0 Å². The van der Waals surface area contributed by atoms with E-state index in [-0.39, 0.29) is 11.9 Å². The van der Waals surface area contributed by atoms with Gasteiger partial charge >= 0.3 is 11.9 Å². The van der Waals surface area contributed by atoms with Gasteiger partial charge in [0.1, 0.15) is 5.75 Å². The molecule has 1 aromatic carbocycles. The van der Waals surface area contributed by atoms with Crippen molar-refractivity contribution >= 4 is 45.2 Å². The summed E-state index contributed by atoms with van der Waals surface area (Å²) < 4.78 is 35.8. The van der Waals surface area contributed by atoms with Gasteiger partial charge in [0.05, 0.1) is 38.8 Å². The molecule has 386 valence electrons. The minimum atomic E-state index is -1.70. The van der Waals surface area contributed by atoms with Gasteiger partial charge in [-0.15, -0.1) is 0 Å². The van der Waals surface area contributed by atoms with Crippen LogP contribution in [-0.2, 0) is 27.3 Å². The molecule has 68 heavy (non-hydrogen) atoms. The van der Waals surface area contributed by atoms with Gasteiger partial charge in [-0.25, -0.2) is 19.6 Å². The quantitative estimate of drug-likeness (QED) is 0.0275. The van der Waals surface area contributed by atoms with Crippen LogP contribution < -0.4 is 9.47 Å². The summed E-state index contributed by atoms with van der Waals surface area (Å²) in [6, 6.07) is 12.8. The molecule has 1 heterocycles. The van der Waals surface area contributed by atoms with Crippen molar-refractivity contribution < 1.29 is 36.8 Å². The minimum absolute atomic E-state index is 0.336. The van der Waals surface area contributed by atoms with Gasteiger partial charge in [-0.3, -0.25) is 0 Å². The molecule has 0 fully saturated rings. The van der Waals surface area contributed by atoms with Crippen molar-refractivity contribution in [2.75, 3.05) is 26.4 Å². The average Bonchev–Trinajstić information content (AvgIpc) is 3.28. The van der Waals surface area contributed by atoms with E-state index in [0.29, 0.717) is 25.6 Å². The maximum Gasteiger partial charge on any atom is 0.330 e. The number of hydrogen-bond donors (Lipinski definition) is 0. The molecule has 2 rings (SSSR count). The van der Waals surface area contributed by atoms with Crippen molar-refractivity contribution in [2.45, 2.75) is 218 Å². The summed E-state index contributed by atoms with van der Waals surface area (Å²) in [4.78, 5) is 31.5. The molecule has 0 bridgehead atoms. The van der Waals surface area contributed by atoms with Crippen molar-refractivity contribution in [3.63, 3.8) is 0 Å². The summed E-state index contributed by atoms with van der Waals surface area (Å²) in [5.74, 6) is 1.63. The summed E-state index contributed by atoms with van der Waals surface area (Å²) in [5.41, 5.74) is 0.971. The topological polar surface area (TPSA) is 115 Å². The lowest BCUT2D eigenvalue weighted by atomic mass is 10.1. The third kappa shape index (κ3) is 32.1. The van der Waals surface area contributed by atoms with Gasteiger partial charge in [0, 0.05) is 17.7 Å². The number of unbranched alkanes of at least 4 members (excludes halogenated alkanes) is 18. The molecule has 0 radical (unpaired) electrons. The van der Waals surface area contributed by atoms with E-state index in [0.717, 1.165) is 74.3 Å². The number of rotatable bonds is 43. The molecule has 14 heteroatoms. The third-order valence-corrected chi connectivity index (χ3v) is 27.5. The van der Waals surface area contributed by atoms with E-state index in [1.165, 1.54) is 127 Å². The number of esters is 2. The zero-order valence-corrected chi connectivity index (χ0v) is 48.4. The first-order valence-electron chi connectivity index (χ1n) is 26.6. The van der Waals surface area contributed by atoms with Crippen molar-refractivity contribution in [1.82, 2.24) is 9.97 Å². The van der Waals surface area contributed by atoms with E-state index in [2.05, 4.69) is 75.5 Å². The van der Waals surface area contributed by atoms with Gasteiger partial charge < -0.3 is 27.2 Å². The van der Waals surface area contributed by atoms with Gasteiger partial charge in [-0.2, -0.15) is 0 Å². The number of carbonyl (C=O) groups excluding carboxylic acids is 2. The number of nitrogens with zero attached hydrogens (tertiary/aromatic N) is 2. The molecule has 0 saturated carbocycles. The highest BCUT2D eigenvalue weighted by molar-refractivity contribution is 6.85. The lowest BCUT2D eigenvalue weighted by Gasteiger charge is -2.34. The SMILES string of the molecule is C=CC(=O)OCCCC[Si](C)(C)O[Si](C)(C)CCCCCCCCCCCOc1ccc(-c2ncc(OCCCCCCCCCCC[Si](C)(C)O[Si](C)(C)CCCCOC(=O)C=C)cn2)cc1. The second-order valence-electron chi connectivity index (χ2n) is 21.2. The highest BCUT2D eigenvalue weighted by atomic mass is 28.4. The minimum Gasteiger partial charge on any atom is -0.494 e. The van der Waals surface area contributed by atoms with Gasteiger partial charge in [0.2, 0.25) is 0 Å². The molecule has 0 amide bonds. The number of hydrogen-bond acceptors (Lipinski definition) is 10. The first-order valence-corrected chi connectivity index (χ1v) is 39.1. The molecule has 0 aliphatic heterocycles. The molecule has 0 saturated heterocycles. The number of ether oxygens (including phenoxy) is 4. The van der Waals surface area contributed by atoms with E-state index < -0.39 is 33.3 Å². The number of aromatic nitrogens is 2. The van der Waals surface area contributed by atoms with Gasteiger partial charge in [0.25, 0.3) is 0 Å². The largest absolute Gasteiger partial charge is 0.494 e. The predicted molar refractivity (Wildman–Crippen MR) is 294 cm³/mol. The Hall–Kier alpha value is -2.89. The first-order chi connectivity index (χ1) is 32.4. The summed E-state index contributed by atoms with van der Waals surface area (Å²) in [7, 11) is -6.72. The highest BCUT2D eigenvalue weighted by Crippen LogP contribution is 2.28. The van der Waals surface area contributed by atoms with Crippen LogP contribution in [0.15, 0.2) is 62.0 Å². The van der Waals surface area contributed by atoms with Crippen LogP contribution in [0.25, 0.3) is 11.4 Å². The van der Waals surface area contributed by atoms with Gasteiger partial charge in [-0.05, 0) is 127 Å². The second-order valence-corrected chi connectivity index (χ2v) is 38.9. The lowest BCUT2D eigenvalue weighted by molar-refractivity contribution is -0.138. The zero-order valence-electron chi connectivity index (χ0n) is 44.4. The molecule has 10 nitrogen and oxygen atoms in total. The van der Waals surface area contributed by atoms with E-state index in [9.17, 15) is 9.59 Å². The smallest absolute Gasteiger partial charge is 0.330 e. The van der Waals surface area contributed by atoms with Crippen molar-refractivity contribution in [3.8, 4) is 22.9 Å². The van der Waals surface area contributed by atoms with E-state index in [1.54, 1.807) is 12.4 Å². The normalized spacial score (nSPS) is 12.2. The standard InChI is InChI=1S/C54H96N2O8Si4/c1-11-52(57)61-41-29-33-45-67(7,8)63-65(3,4)43-31-25-21-17-13-15-19-23-27-39-59-50-37-35-49(36-38-50)54-55-47-51(48-56-54)60-40-28-24-20-16-14-18-22-26-32-44-66(5,6)64-68(9,10)46-34-30-42-62-53(58)12-2/h11-12,35-38,47-48H,1-2,13-34,39-46H2,3-10H3. The fraction of sp³-hybridized carbons (Fsp3) is 0.704. The van der Waals surface area contributed by atoms with Crippen molar-refractivity contribution in [3.05, 3.63) is 62.0 Å². The Morgan fingerprint density at radius 1 is 0.426 bits per heavy atom. The summed E-state index contributed by atoms with van der Waals surface area (Å²) in [5, 5.41) is 0. The molecular formula is C54H96N2O8Si4. The Kier molecular flexibility index (Phi) is 31.7. The molecule has 0 aliphatic carbocycles. The molecule has 0 aliphatic rings. The van der Waals surface area contributed by atoms with Crippen molar-refractivity contribution in [2.24, 2.45) is 0 Å². The lowest BCUT2D eigenvalue weighted by Crippen LogP contribution is -2.44. The molecule has 0 N–H and O–H groups in total. The van der Waals surface area contributed by atoms with E-state index in [1.807, 2.05) is 24.3 Å². The highest BCUT2D eigenvalue weighted by Gasteiger charge is 2.33. The Morgan fingerprint density at radius 2 is 0.721 bits per heavy atom. The maximum atomic E-state index is 11.2. The Balaban J connectivity index is 1.43. The Morgan fingerprint density at radius 3 is 1.07 bits per heavy atom. The fourth-order valence-corrected chi connectivity index (χ4v) is 26.9. The van der Waals surface area contributed by atoms with E-state index >= 15 is 0 Å². The summed E-state index contributed by atoms with van der Waals surface area (Å²) in [6.07, 6.45) is 32.6. The van der Waals surface area contributed by atoms with Crippen LogP contribution >= 0.6 is 0 Å². The van der Waals surface area contributed by atoms with Gasteiger partial charge in [0.15, 0.2) is 44.8 Å². The maximum absolute atomic E-state index is 11.2. The van der Waals surface area contributed by atoms with Crippen LogP contribution in [0.3, 0.4) is 0 Å². The molecule has 0 spiro atoms. The fourth-order valence-electron chi connectivity index (χ4n) is 8.87. The van der Waals surface area contributed by atoms with Crippen LogP contribution in [0.2, 0.25) is 76.6 Å². The summed E-state index contributed by atoms with van der Waals surface area (Å²) in [6.45, 7) is 28.2. The van der Waals surface area contributed by atoms with Crippen LogP contribution in [0.5, 0.6) is 11.5 Å². The average molecular weight is 1010 g/mol. The zero-order chi connectivity index (χ0) is 50.0. The van der Waals surface area contributed by atoms with Crippen LogP contribution in [0, 0.1) is 0 Å². The second kappa shape index (κ2) is 35.2. The summed E-state index contributed by atoms with van der Waals surface area (Å²) >= 11 is 0.